The van der Waals surface area contributed by atoms with Crippen molar-refractivity contribution in [1.82, 2.24) is 26.6 Å². The second-order valence-corrected chi connectivity index (χ2v) is 11.7. The summed E-state index contributed by atoms with van der Waals surface area (Å²) >= 11 is 0. The minimum atomic E-state index is -1.48. The van der Waals surface area contributed by atoms with Crippen LogP contribution in [-0.4, -0.2) is 114 Å². The number of unbranched alkanes of at least 4 members (excludes halogenated alkanes) is 2. The molecule has 0 aromatic heterocycles. The Kier molecular flexibility index (Phi) is 22.1. The number of carbonyl (C=O) groups excluding carboxylic acids is 5. The number of nitrogens with zero attached hydrogens (tertiary/aromatic N) is 2. The molecule has 0 heterocycles. The maximum atomic E-state index is 13.5. The lowest BCUT2D eigenvalue weighted by molar-refractivity contribution is -0.142. The molecule has 0 aliphatic rings. The van der Waals surface area contributed by atoms with Gasteiger partial charge in [0.1, 0.15) is 30.2 Å². The lowest BCUT2D eigenvalue weighted by Gasteiger charge is -2.27. The standard InChI is InChI=1S/C29H56N12O8/c1-16(2)22(37-17(3)43)26(47)41-21(15-42)25(46)39-18(9-4-6-12-30)23(44)38-19(11-8-14-36-29(33)34)24(45)40-20(27(48)49)10-5-7-13-35-28(31)32/h16,18-22,42H,4-15,30H2,1-3H3,(H,37,43)(H,38,44)(H,39,46)(H,40,45)(H,41,47)(H,48,49)(H4,31,32,35)(H4,33,34,36)/t18-,19-,20-,21-,22-/m0/s1. The molecule has 17 N–H and O–H groups in total. The molecule has 0 fully saturated rings. The predicted octanol–water partition coefficient (Wildman–Crippen LogP) is -4.21. The summed E-state index contributed by atoms with van der Waals surface area (Å²) in [4.78, 5) is 84.1. The van der Waals surface area contributed by atoms with Crippen molar-refractivity contribution in [3.63, 3.8) is 0 Å². The summed E-state index contributed by atoms with van der Waals surface area (Å²) in [5, 5.41) is 32.0. The second-order valence-electron chi connectivity index (χ2n) is 11.7. The van der Waals surface area contributed by atoms with Crippen LogP contribution in [-0.2, 0) is 28.8 Å². The van der Waals surface area contributed by atoms with Crippen molar-refractivity contribution in [2.75, 3.05) is 26.2 Å². The fraction of sp³-hybridized carbons (Fsp3) is 0.724. The molecule has 0 aliphatic heterocycles. The van der Waals surface area contributed by atoms with Crippen LogP contribution in [0.25, 0.3) is 0 Å². The molecule has 280 valence electrons. The minimum absolute atomic E-state index is 0.00368. The van der Waals surface area contributed by atoms with Gasteiger partial charge in [0.15, 0.2) is 11.9 Å². The zero-order chi connectivity index (χ0) is 37.5. The fourth-order valence-electron chi connectivity index (χ4n) is 4.49. The van der Waals surface area contributed by atoms with Gasteiger partial charge in [0.2, 0.25) is 29.5 Å². The Morgan fingerprint density at radius 3 is 1.49 bits per heavy atom. The lowest BCUT2D eigenvalue weighted by atomic mass is 10.0. The van der Waals surface area contributed by atoms with Crippen LogP contribution < -0.4 is 55.3 Å². The second kappa shape index (κ2) is 24.4. The van der Waals surface area contributed by atoms with Gasteiger partial charge in [-0.25, -0.2) is 4.79 Å². The molecule has 0 bridgehead atoms. The van der Waals surface area contributed by atoms with E-state index in [-0.39, 0.29) is 56.6 Å². The third kappa shape index (κ3) is 19.6. The van der Waals surface area contributed by atoms with Gasteiger partial charge >= 0.3 is 5.97 Å². The van der Waals surface area contributed by atoms with Gasteiger partial charge in [-0.1, -0.05) is 13.8 Å². The zero-order valence-electron chi connectivity index (χ0n) is 28.6. The Balaban J connectivity index is 5.96. The molecular formula is C29H56N12O8. The van der Waals surface area contributed by atoms with Crippen molar-refractivity contribution in [2.24, 2.45) is 44.6 Å². The van der Waals surface area contributed by atoms with E-state index in [1.165, 1.54) is 6.92 Å². The van der Waals surface area contributed by atoms with E-state index in [1.54, 1.807) is 13.8 Å². The molecule has 0 saturated carbocycles. The van der Waals surface area contributed by atoms with Crippen LogP contribution in [0.4, 0.5) is 0 Å². The number of hydrogen-bond donors (Lipinski definition) is 12. The van der Waals surface area contributed by atoms with Crippen molar-refractivity contribution in [2.45, 2.75) is 102 Å². The fourth-order valence-corrected chi connectivity index (χ4v) is 4.49. The molecule has 20 nitrogen and oxygen atoms in total. The number of carboxylic acid groups (broad SMARTS) is 1. The quantitative estimate of drug-likeness (QED) is 0.0244. The molecule has 0 aliphatic carbocycles. The summed E-state index contributed by atoms with van der Waals surface area (Å²) in [6, 6.07) is -6.25. The van der Waals surface area contributed by atoms with E-state index in [2.05, 4.69) is 36.6 Å². The van der Waals surface area contributed by atoms with Crippen LogP contribution in [0.3, 0.4) is 0 Å². The Hall–Kier alpha value is -4.72. The van der Waals surface area contributed by atoms with Crippen molar-refractivity contribution >= 4 is 47.4 Å². The Morgan fingerprint density at radius 2 is 1.04 bits per heavy atom. The average molecular weight is 701 g/mol. The van der Waals surface area contributed by atoms with E-state index in [0.717, 1.165) is 0 Å². The van der Waals surface area contributed by atoms with E-state index in [1.807, 2.05) is 0 Å². The summed E-state index contributed by atoms with van der Waals surface area (Å²) in [5.41, 5.74) is 26.9. The van der Waals surface area contributed by atoms with Gasteiger partial charge in [-0.2, -0.15) is 0 Å². The van der Waals surface area contributed by atoms with E-state index < -0.39 is 72.3 Å². The zero-order valence-corrected chi connectivity index (χ0v) is 28.6. The van der Waals surface area contributed by atoms with Gasteiger partial charge in [-0.15, -0.1) is 0 Å². The monoisotopic (exact) mass is 700 g/mol. The van der Waals surface area contributed by atoms with Gasteiger partial charge in [-0.3, -0.25) is 34.0 Å². The maximum Gasteiger partial charge on any atom is 0.326 e. The molecular weight excluding hydrogens is 644 g/mol. The molecule has 5 amide bonds. The van der Waals surface area contributed by atoms with Gasteiger partial charge in [0.25, 0.3) is 0 Å². The average Bonchev–Trinajstić information content (AvgIpc) is 3.01. The van der Waals surface area contributed by atoms with Gasteiger partial charge in [-0.05, 0) is 63.8 Å². The number of aliphatic hydroxyl groups excluding tert-OH is 1. The smallest absolute Gasteiger partial charge is 0.326 e. The molecule has 0 radical (unpaired) electrons. The van der Waals surface area contributed by atoms with Gasteiger partial charge < -0.3 is 65.5 Å². The predicted molar refractivity (Wildman–Crippen MR) is 182 cm³/mol. The summed E-state index contributed by atoms with van der Waals surface area (Å²) in [5.74, 6) is -5.56. The van der Waals surface area contributed by atoms with Crippen molar-refractivity contribution < 1.29 is 39.0 Å². The highest BCUT2D eigenvalue weighted by atomic mass is 16.4. The Bertz CT molecular complexity index is 1140. The van der Waals surface area contributed by atoms with Crippen LogP contribution in [0, 0.1) is 5.92 Å². The van der Waals surface area contributed by atoms with Crippen LogP contribution in [0.2, 0.25) is 0 Å². The topological polar surface area (TPSA) is 358 Å². The molecule has 0 saturated heterocycles. The summed E-state index contributed by atoms with van der Waals surface area (Å²) in [6.45, 7) is 4.47. The molecule has 0 spiro atoms. The number of rotatable bonds is 25. The minimum Gasteiger partial charge on any atom is -0.480 e. The molecule has 20 heteroatoms. The number of aliphatic carboxylic acids is 1. The Morgan fingerprint density at radius 1 is 0.612 bits per heavy atom. The first kappa shape index (κ1) is 44.3. The molecule has 5 atom stereocenters. The highest BCUT2D eigenvalue weighted by molar-refractivity contribution is 5.96. The molecule has 49 heavy (non-hydrogen) atoms. The molecule has 0 aromatic rings. The van der Waals surface area contributed by atoms with Gasteiger partial charge in [0, 0.05) is 20.0 Å². The largest absolute Gasteiger partial charge is 0.480 e. The van der Waals surface area contributed by atoms with E-state index in [4.69, 9.17) is 28.7 Å². The first-order valence-electron chi connectivity index (χ1n) is 16.2. The van der Waals surface area contributed by atoms with E-state index in [9.17, 15) is 39.0 Å². The summed E-state index contributed by atoms with van der Waals surface area (Å²) in [6.07, 6.45) is 2.09. The Labute approximate surface area is 286 Å². The maximum absolute atomic E-state index is 13.5. The van der Waals surface area contributed by atoms with Crippen molar-refractivity contribution in [3.05, 3.63) is 0 Å². The third-order valence-corrected chi connectivity index (χ3v) is 7.09. The van der Waals surface area contributed by atoms with Crippen LogP contribution in [0.1, 0.15) is 72.1 Å². The van der Waals surface area contributed by atoms with Crippen LogP contribution in [0.5, 0.6) is 0 Å². The number of nitrogens with two attached hydrogens (primary N) is 5. The molecule has 0 unspecified atom stereocenters. The van der Waals surface area contributed by atoms with Crippen LogP contribution >= 0.6 is 0 Å². The highest BCUT2D eigenvalue weighted by Crippen LogP contribution is 2.08. The first-order chi connectivity index (χ1) is 23.0. The lowest BCUT2D eigenvalue weighted by Crippen LogP contribution is -2.60. The molecule has 0 rings (SSSR count). The van der Waals surface area contributed by atoms with E-state index >= 15 is 0 Å². The highest BCUT2D eigenvalue weighted by Gasteiger charge is 2.32. The number of aliphatic imine (C=N–C) groups is 2. The van der Waals surface area contributed by atoms with E-state index in [0.29, 0.717) is 32.2 Å². The number of aliphatic hydroxyl groups is 1. The first-order valence-corrected chi connectivity index (χ1v) is 16.2. The van der Waals surface area contributed by atoms with Crippen molar-refractivity contribution in [3.8, 4) is 0 Å². The van der Waals surface area contributed by atoms with Gasteiger partial charge in [0.05, 0.1) is 6.61 Å². The van der Waals surface area contributed by atoms with Crippen molar-refractivity contribution in [1.29, 1.82) is 0 Å². The number of hydrogen-bond acceptors (Lipinski definition) is 10. The number of carbonyl (C=O) groups is 6. The SMILES string of the molecule is CC(=O)N[C@H](C(=O)N[C@@H](CO)C(=O)N[C@@H](CCCCN)C(=O)N[C@@H](CCCN=C(N)N)C(=O)N[C@@H](CCCCN=C(N)N)C(=O)O)C(C)C. The number of carboxylic acids is 1. The summed E-state index contributed by atoms with van der Waals surface area (Å²) < 4.78 is 0. The normalized spacial score (nSPS) is 13.8. The number of nitrogens with one attached hydrogen (secondary N) is 5. The number of guanidine groups is 2. The summed E-state index contributed by atoms with van der Waals surface area (Å²) in [7, 11) is 0. The molecule has 0 aromatic carbocycles. The third-order valence-electron chi connectivity index (χ3n) is 7.09. The van der Waals surface area contributed by atoms with Crippen LogP contribution in [0.15, 0.2) is 9.98 Å². The number of amides is 5.